The number of para-hydroxylation sites is 1. The van der Waals surface area contributed by atoms with Gasteiger partial charge in [0, 0.05) is 23.3 Å². The molecule has 0 radical (unpaired) electrons. The summed E-state index contributed by atoms with van der Waals surface area (Å²) in [4.78, 5) is 7.00. The number of hydrogen-bond donors (Lipinski definition) is 1. The smallest absolute Gasteiger partial charge is 0.174 e. The van der Waals surface area contributed by atoms with Crippen molar-refractivity contribution in [2.24, 2.45) is 0 Å². The van der Waals surface area contributed by atoms with Crippen molar-refractivity contribution in [1.82, 2.24) is 14.9 Å². The lowest BCUT2D eigenvalue weighted by Gasteiger charge is -2.28. The van der Waals surface area contributed by atoms with Crippen LogP contribution in [0.3, 0.4) is 0 Å². The molecule has 5 heteroatoms. The average Bonchev–Trinajstić information content (AvgIpc) is 3.35. The summed E-state index contributed by atoms with van der Waals surface area (Å²) in [6.07, 6.45) is 1.86. The fourth-order valence-electron chi connectivity index (χ4n) is 5.56. The Kier molecular flexibility index (Phi) is 6.44. The topological polar surface area (TPSA) is 33.1 Å². The number of pyridine rings is 1. The predicted molar refractivity (Wildman–Crippen MR) is 153 cm³/mol. The van der Waals surface area contributed by atoms with E-state index in [2.05, 4.69) is 111 Å². The third-order valence-corrected chi connectivity index (χ3v) is 7.70. The van der Waals surface area contributed by atoms with E-state index >= 15 is 0 Å². The number of nitrogens with one attached hydrogen (secondary N) is 1. The van der Waals surface area contributed by atoms with Gasteiger partial charge >= 0.3 is 0 Å². The lowest BCUT2D eigenvalue weighted by molar-refractivity contribution is 0.565. The van der Waals surface area contributed by atoms with Crippen molar-refractivity contribution in [3.8, 4) is 5.69 Å². The first kappa shape index (κ1) is 24.3. The Morgan fingerprint density at radius 2 is 1.58 bits per heavy atom. The van der Waals surface area contributed by atoms with E-state index in [1.54, 1.807) is 0 Å². The fourth-order valence-corrected chi connectivity index (χ4v) is 5.90. The summed E-state index contributed by atoms with van der Waals surface area (Å²) in [5.41, 5.74) is 10.9. The predicted octanol–water partition coefficient (Wildman–Crippen LogP) is 7.41. The van der Waals surface area contributed by atoms with Crippen LogP contribution in [-0.2, 0) is 0 Å². The first-order valence-corrected chi connectivity index (χ1v) is 13.0. The van der Waals surface area contributed by atoms with E-state index in [4.69, 9.17) is 17.2 Å². The zero-order valence-electron chi connectivity index (χ0n) is 21.9. The summed E-state index contributed by atoms with van der Waals surface area (Å²) in [5, 5.41) is 4.34. The van der Waals surface area contributed by atoms with E-state index < -0.39 is 0 Å². The van der Waals surface area contributed by atoms with Gasteiger partial charge in [-0.05, 0) is 98.4 Å². The molecular weight excluding hydrogens is 460 g/mol. The number of thiocarbonyl (C=S) groups is 1. The normalized spacial score (nSPS) is 17.6. The van der Waals surface area contributed by atoms with Crippen molar-refractivity contribution in [2.45, 2.75) is 59.5 Å². The van der Waals surface area contributed by atoms with Crippen LogP contribution in [0.1, 0.15) is 71.2 Å². The Balaban J connectivity index is 1.68. The molecular formula is C31H34N4S. The summed E-state index contributed by atoms with van der Waals surface area (Å²) in [7, 11) is 0. The van der Waals surface area contributed by atoms with Crippen molar-refractivity contribution < 1.29 is 0 Å². The molecule has 1 saturated heterocycles. The third kappa shape index (κ3) is 4.11. The van der Waals surface area contributed by atoms with E-state index in [-0.39, 0.29) is 12.1 Å². The molecule has 0 spiro atoms. The molecule has 0 saturated carbocycles. The molecule has 5 rings (SSSR count). The Bertz CT molecular complexity index is 1380. The van der Waals surface area contributed by atoms with Crippen molar-refractivity contribution >= 4 is 23.0 Å². The molecule has 2 aromatic carbocycles. The number of nitrogens with zero attached hydrogens (tertiary/aromatic N) is 3. The maximum absolute atomic E-state index is 5.96. The largest absolute Gasteiger partial charge is 0.351 e. The summed E-state index contributed by atoms with van der Waals surface area (Å²) in [6, 6.07) is 23.7. The summed E-state index contributed by atoms with van der Waals surface area (Å²) in [5.74, 6) is 0.482. The number of aryl methyl sites for hydroxylation is 3. The van der Waals surface area contributed by atoms with Gasteiger partial charge in [0.25, 0.3) is 0 Å². The van der Waals surface area contributed by atoms with Gasteiger partial charge in [0.2, 0.25) is 0 Å². The Morgan fingerprint density at radius 3 is 2.19 bits per heavy atom. The minimum atomic E-state index is -0.0598. The van der Waals surface area contributed by atoms with Gasteiger partial charge in [0.05, 0.1) is 23.5 Å². The van der Waals surface area contributed by atoms with Crippen LogP contribution in [0.4, 0.5) is 5.69 Å². The highest BCUT2D eigenvalue weighted by atomic mass is 32.1. The van der Waals surface area contributed by atoms with E-state index in [0.29, 0.717) is 5.92 Å². The molecule has 4 aromatic rings. The van der Waals surface area contributed by atoms with Crippen LogP contribution in [0.15, 0.2) is 72.9 Å². The first-order valence-electron chi connectivity index (χ1n) is 12.6. The highest BCUT2D eigenvalue weighted by Gasteiger charge is 2.42. The number of benzene rings is 2. The second kappa shape index (κ2) is 9.55. The van der Waals surface area contributed by atoms with Crippen LogP contribution in [0.2, 0.25) is 0 Å². The Labute approximate surface area is 220 Å². The third-order valence-electron chi connectivity index (χ3n) is 7.39. The maximum atomic E-state index is 5.96. The highest BCUT2D eigenvalue weighted by Crippen LogP contribution is 2.44. The summed E-state index contributed by atoms with van der Waals surface area (Å²) >= 11 is 5.96. The molecule has 1 aliphatic heterocycles. The van der Waals surface area contributed by atoms with Gasteiger partial charge in [0.15, 0.2) is 5.11 Å². The summed E-state index contributed by atoms with van der Waals surface area (Å²) < 4.78 is 2.40. The Hall–Kier alpha value is -3.44. The molecule has 184 valence electrons. The van der Waals surface area contributed by atoms with Crippen molar-refractivity contribution in [2.75, 3.05) is 4.90 Å². The molecule has 0 aliphatic carbocycles. The minimum absolute atomic E-state index is 0.0263. The van der Waals surface area contributed by atoms with Gasteiger partial charge < -0.3 is 14.8 Å². The maximum Gasteiger partial charge on any atom is 0.174 e. The number of rotatable bonds is 5. The van der Waals surface area contributed by atoms with Crippen LogP contribution in [0.25, 0.3) is 5.69 Å². The van der Waals surface area contributed by atoms with E-state index in [1.807, 2.05) is 18.3 Å². The van der Waals surface area contributed by atoms with E-state index in [1.165, 1.54) is 39.3 Å². The lowest BCUT2D eigenvalue weighted by atomic mass is 9.96. The molecule has 1 aliphatic rings. The first-order chi connectivity index (χ1) is 17.3. The highest BCUT2D eigenvalue weighted by molar-refractivity contribution is 7.80. The molecule has 1 fully saturated rings. The van der Waals surface area contributed by atoms with Gasteiger partial charge in [-0.15, -0.1) is 0 Å². The second-order valence-corrected chi connectivity index (χ2v) is 10.5. The second-order valence-electron chi connectivity index (χ2n) is 10.1. The van der Waals surface area contributed by atoms with Crippen LogP contribution in [0.5, 0.6) is 0 Å². The molecule has 2 unspecified atom stereocenters. The van der Waals surface area contributed by atoms with Gasteiger partial charge in [0.1, 0.15) is 0 Å². The van der Waals surface area contributed by atoms with Gasteiger partial charge in [-0.2, -0.15) is 0 Å². The van der Waals surface area contributed by atoms with Gasteiger partial charge in [-0.25, -0.2) is 0 Å². The monoisotopic (exact) mass is 494 g/mol. The van der Waals surface area contributed by atoms with Crippen molar-refractivity contribution in [1.29, 1.82) is 0 Å². The molecule has 36 heavy (non-hydrogen) atoms. The lowest BCUT2D eigenvalue weighted by Crippen LogP contribution is -2.29. The molecule has 3 heterocycles. The van der Waals surface area contributed by atoms with Gasteiger partial charge in [-0.3, -0.25) is 4.98 Å². The quantitative estimate of drug-likeness (QED) is 0.293. The Morgan fingerprint density at radius 1 is 0.889 bits per heavy atom. The average molecular weight is 495 g/mol. The molecule has 0 amide bonds. The fraction of sp³-hybridized carbons (Fsp3) is 0.290. The zero-order chi connectivity index (χ0) is 25.6. The van der Waals surface area contributed by atoms with E-state index in [0.717, 1.165) is 16.5 Å². The zero-order valence-corrected chi connectivity index (χ0v) is 22.7. The van der Waals surface area contributed by atoms with Crippen molar-refractivity contribution in [3.05, 3.63) is 112 Å². The van der Waals surface area contributed by atoms with Crippen molar-refractivity contribution in [3.63, 3.8) is 0 Å². The molecule has 2 aromatic heterocycles. The molecule has 2 atom stereocenters. The molecule has 4 nitrogen and oxygen atoms in total. The van der Waals surface area contributed by atoms with Crippen LogP contribution < -0.4 is 10.2 Å². The minimum Gasteiger partial charge on any atom is -0.351 e. The molecule has 1 N–H and O–H groups in total. The number of hydrogen-bond acceptors (Lipinski definition) is 2. The standard InChI is InChI=1S/C31H34N4S/c1-19(2)24-13-15-25(16-14-24)35-30(28(33-31(35)36)27-12-7-8-17-32-27)26-18-22(5)34(23(26)6)29-20(3)10-9-11-21(29)4/h7-19,28,30H,1-6H3,(H,33,36). The van der Waals surface area contributed by atoms with Crippen LogP contribution >= 0.6 is 12.2 Å². The SMILES string of the molecule is Cc1cccc(C)c1-n1c(C)cc(C2C(c3ccccn3)NC(=S)N2c2ccc(C(C)C)cc2)c1C. The summed E-state index contributed by atoms with van der Waals surface area (Å²) in [6.45, 7) is 13.2. The van der Waals surface area contributed by atoms with E-state index in [9.17, 15) is 0 Å². The van der Waals surface area contributed by atoms with Gasteiger partial charge in [-0.1, -0.05) is 50.2 Å². The number of anilines is 1. The van der Waals surface area contributed by atoms with Crippen LogP contribution in [0, 0.1) is 27.7 Å². The molecule has 0 bridgehead atoms. The number of aromatic nitrogens is 2. The van der Waals surface area contributed by atoms with Crippen LogP contribution in [-0.4, -0.2) is 14.7 Å².